The smallest absolute Gasteiger partial charge is 0.343 e. The number of hydrogen-bond acceptors (Lipinski definition) is 13. The molecular weight excluding hydrogens is 628 g/mol. The van der Waals surface area contributed by atoms with Crippen LogP contribution in [0.1, 0.15) is 41.5 Å². The van der Waals surface area contributed by atoms with Crippen LogP contribution < -0.4 is 23.7 Å². The van der Waals surface area contributed by atoms with Crippen molar-refractivity contribution in [1.29, 1.82) is 0 Å². The Balaban J connectivity index is 1.60. The van der Waals surface area contributed by atoms with E-state index >= 15 is 0 Å². The molecule has 3 rings (SSSR count). The molecule has 0 amide bonds. The highest BCUT2D eigenvalue weighted by Crippen LogP contribution is 2.29. The molecule has 0 N–H and O–H groups in total. The normalized spacial score (nSPS) is 10.1. The summed E-state index contributed by atoms with van der Waals surface area (Å²) in [5.41, 5.74) is 0.776. The fourth-order valence-electron chi connectivity index (χ4n) is 3.28. The van der Waals surface area contributed by atoms with Crippen molar-refractivity contribution in [3.05, 3.63) is 114 Å². The van der Waals surface area contributed by atoms with Crippen LogP contribution in [-0.2, 0) is 28.6 Å². The third-order valence-corrected chi connectivity index (χ3v) is 5.78. The number of benzene rings is 3. The first-order chi connectivity index (χ1) is 22.8. The summed E-state index contributed by atoms with van der Waals surface area (Å²) < 4.78 is 41.7. The average Bonchev–Trinajstić information content (AvgIpc) is 3.05. The summed E-state index contributed by atoms with van der Waals surface area (Å²) in [5.74, 6) is -2.62. The third kappa shape index (κ3) is 11.2. The molecule has 0 unspecified atom stereocenters. The number of esters is 5. The van der Waals surface area contributed by atoms with Gasteiger partial charge in [0.1, 0.15) is 17.2 Å². The van der Waals surface area contributed by atoms with Crippen LogP contribution in [0.3, 0.4) is 0 Å². The molecule has 0 aliphatic carbocycles. The molecule has 0 heterocycles. The molecule has 13 nitrogen and oxygen atoms in total. The van der Waals surface area contributed by atoms with Crippen molar-refractivity contribution in [3.8, 4) is 28.7 Å². The van der Waals surface area contributed by atoms with E-state index in [1.165, 1.54) is 87.5 Å². The Morgan fingerprint density at radius 1 is 0.479 bits per heavy atom. The highest BCUT2D eigenvalue weighted by Gasteiger charge is 2.17. The van der Waals surface area contributed by atoms with Crippen molar-refractivity contribution in [2.75, 3.05) is 20.4 Å². The van der Waals surface area contributed by atoms with Gasteiger partial charge in [-0.15, -0.1) is 0 Å². The zero-order chi connectivity index (χ0) is 35.2. The highest BCUT2D eigenvalue weighted by molar-refractivity contribution is 5.93. The van der Waals surface area contributed by atoms with Crippen molar-refractivity contribution in [1.82, 2.24) is 0 Å². The lowest BCUT2D eigenvalue weighted by Gasteiger charge is -2.14. The number of ether oxygens (including phenoxy) is 8. The molecule has 0 aromatic heterocycles. The van der Waals surface area contributed by atoms with Crippen molar-refractivity contribution in [3.63, 3.8) is 0 Å². The Morgan fingerprint density at radius 3 is 1.33 bits per heavy atom. The first kappa shape index (κ1) is 36.1. The van der Waals surface area contributed by atoms with E-state index in [1.807, 2.05) is 0 Å². The van der Waals surface area contributed by atoms with Crippen LogP contribution >= 0.6 is 0 Å². The van der Waals surface area contributed by atoms with Crippen LogP contribution in [-0.4, -0.2) is 50.2 Å². The molecule has 48 heavy (non-hydrogen) atoms. The van der Waals surface area contributed by atoms with Gasteiger partial charge >= 0.3 is 29.8 Å². The topological polar surface area (TPSA) is 159 Å². The SMILES string of the molecule is C=C(C)C(=O)OCOc1ccc(OC(=O)c2ccc(OC(=O)c3ccc(OCOC(=O)C(=C)C)c(OCOC(=O)C(=C)C)c3)cc2)cc1. The maximum absolute atomic E-state index is 12.9. The maximum Gasteiger partial charge on any atom is 0.343 e. The first-order valence-corrected chi connectivity index (χ1v) is 14.0. The molecule has 0 radical (unpaired) electrons. The van der Waals surface area contributed by atoms with Crippen LogP contribution in [0.25, 0.3) is 0 Å². The lowest BCUT2D eigenvalue weighted by molar-refractivity contribution is -0.147. The molecule has 0 atom stereocenters. The van der Waals surface area contributed by atoms with Crippen LogP contribution in [0.2, 0.25) is 0 Å². The van der Waals surface area contributed by atoms with Crippen LogP contribution in [0, 0.1) is 0 Å². The second-order valence-electron chi connectivity index (χ2n) is 9.86. The predicted molar refractivity (Wildman–Crippen MR) is 168 cm³/mol. The van der Waals surface area contributed by atoms with E-state index in [1.54, 1.807) is 0 Å². The fraction of sp³-hybridized carbons (Fsp3) is 0.171. The van der Waals surface area contributed by atoms with E-state index in [0.717, 1.165) is 0 Å². The molecule has 0 fully saturated rings. The Bertz CT molecular complexity index is 1700. The van der Waals surface area contributed by atoms with Crippen LogP contribution in [0.5, 0.6) is 28.7 Å². The van der Waals surface area contributed by atoms with Crippen molar-refractivity contribution < 1.29 is 61.9 Å². The number of hydrogen-bond donors (Lipinski definition) is 0. The lowest BCUT2D eigenvalue weighted by Crippen LogP contribution is -2.14. The minimum absolute atomic E-state index is 0.0192. The van der Waals surface area contributed by atoms with E-state index in [4.69, 9.17) is 37.9 Å². The quantitative estimate of drug-likeness (QED) is 0.0624. The van der Waals surface area contributed by atoms with Gasteiger partial charge in [-0.1, -0.05) is 19.7 Å². The van der Waals surface area contributed by atoms with Gasteiger partial charge in [-0.25, -0.2) is 24.0 Å². The van der Waals surface area contributed by atoms with Gasteiger partial charge in [0, 0.05) is 16.7 Å². The molecule has 0 saturated heterocycles. The molecule has 13 heteroatoms. The monoisotopic (exact) mass is 660 g/mol. The standard InChI is InChI=1S/C35H32O13/c1-21(2)31(36)44-18-41-26-12-14-28(15-13-26)47-34(39)24-7-10-27(11-8-24)48-35(40)25-9-16-29(42-19-45-32(37)22(3)4)30(17-25)43-20-46-33(38)23(5)6/h7-17H,1,3,5,18-20H2,2,4,6H3. The van der Waals surface area contributed by atoms with Crippen molar-refractivity contribution in [2.24, 2.45) is 0 Å². The number of carbonyl (C=O) groups is 5. The van der Waals surface area contributed by atoms with Gasteiger partial charge < -0.3 is 37.9 Å². The highest BCUT2D eigenvalue weighted by atomic mass is 16.7. The molecule has 3 aromatic carbocycles. The summed E-state index contributed by atoms with van der Waals surface area (Å²) in [5, 5.41) is 0. The Labute approximate surface area is 275 Å². The minimum Gasteiger partial charge on any atom is -0.457 e. The van der Waals surface area contributed by atoms with Gasteiger partial charge in [-0.05, 0) is 87.5 Å². The zero-order valence-electron chi connectivity index (χ0n) is 26.4. The summed E-state index contributed by atoms with van der Waals surface area (Å²) in [6.07, 6.45) is 0. The summed E-state index contributed by atoms with van der Waals surface area (Å²) in [7, 11) is 0. The predicted octanol–water partition coefficient (Wildman–Crippen LogP) is 5.49. The van der Waals surface area contributed by atoms with E-state index in [0.29, 0.717) is 5.75 Å². The summed E-state index contributed by atoms with van der Waals surface area (Å²) >= 11 is 0. The minimum atomic E-state index is -0.786. The van der Waals surface area contributed by atoms with E-state index in [9.17, 15) is 24.0 Å². The van der Waals surface area contributed by atoms with Crippen molar-refractivity contribution in [2.45, 2.75) is 20.8 Å². The molecule has 3 aromatic rings. The Kier molecular flexibility index (Phi) is 13.1. The van der Waals surface area contributed by atoms with E-state index in [2.05, 4.69) is 19.7 Å². The largest absolute Gasteiger partial charge is 0.457 e. The van der Waals surface area contributed by atoms with Gasteiger partial charge in [0.05, 0.1) is 11.1 Å². The second kappa shape index (κ2) is 17.4. The Hall–Kier alpha value is -6.37. The number of rotatable bonds is 16. The van der Waals surface area contributed by atoms with Gasteiger partial charge in [-0.2, -0.15) is 0 Å². The van der Waals surface area contributed by atoms with Crippen molar-refractivity contribution >= 4 is 29.8 Å². The van der Waals surface area contributed by atoms with E-state index < -0.39 is 43.4 Å². The van der Waals surface area contributed by atoms with Gasteiger partial charge in [-0.3, -0.25) is 0 Å². The summed E-state index contributed by atoms with van der Waals surface area (Å²) in [4.78, 5) is 60.3. The third-order valence-electron chi connectivity index (χ3n) is 5.78. The Morgan fingerprint density at radius 2 is 0.854 bits per heavy atom. The molecule has 0 spiro atoms. The molecule has 250 valence electrons. The van der Waals surface area contributed by atoms with Crippen LogP contribution in [0.4, 0.5) is 0 Å². The average molecular weight is 661 g/mol. The maximum atomic E-state index is 12.9. The van der Waals surface area contributed by atoms with E-state index in [-0.39, 0.29) is 57.6 Å². The first-order valence-electron chi connectivity index (χ1n) is 14.0. The van der Waals surface area contributed by atoms with Gasteiger partial charge in [0.2, 0.25) is 20.4 Å². The molecular formula is C35H32O13. The fourth-order valence-corrected chi connectivity index (χ4v) is 3.28. The summed E-state index contributed by atoms with van der Waals surface area (Å²) in [6.45, 7) is 13.6. The number of carbonyl (C=O) groups excluding carboxylic acids is 5. The zero-order valence-corrected chi connectivity index (χ0v) is 26.4. The van der Waals surface area contributed by atoms with Crippen LogP contribution in [0.15, 0.2) is 103 Å². The summed E-state index contributed by atoms with van der Waals surface area (Å²) in [6, 6.07) is 15.7. The lowest BCUT2D eigenvalue weighted by atomic mass is 10.2. The van der Waals surface area contributed by atoms with Gasteiger partial charge in [0.15, 0.2) is 11.5 Å². The second-order valence-corrected chi connectivity index (χ2v) is 9.86. The molecule has 0 saturated carbocycles. The molecule has 0 aliphatic heterocycles. The molecule has 0 bridgehead atoms. The molecule has 0 aliphatic rings. The van der Waals surface area contributed by atoms with Gasteiger partial charge in [0.25, 0.3) is 0 Å².